The molecule has 0 radical (unpaired) electrons. The summed E-state index contributed by atoms with van der Waals surface area (Å²) in [7, 11) is -3.73. The number of hydrogen-bond donors (Lipinski definition) is 3. The second-order valence-corrected chi connectivity index (χ2v) is 14.6. The first-order valence-electron chi connectivity index (χ1n) is 15.3. The molecule has 0 aliphatic heterocycles. The molecule has 5 rings (SSSR count). The van der Waals surface area contributed by atoms with Crippen LogP contribution in [0.1, 0.15) is 27.0 Å². The van der Waals surface area contributed by atoms with Gasteiger partial charge in [0, 0.05) is 53.0 Å². The van der Waals surface area contributed by atoms with Crippen LogP contribution in [0.15, 0.2) is 148 Å². The van der Waals surface area contributed by atoms with Crippen LogP contribution in [0, 0.1) is 0 Å². The van der Waals surface area contributed by atoms with Crippen LogP contribution in [0.2, 0.25) is 0 Å². The molecule has 5 aromatic rings. The number of anilines is 1. The van der Waals surface area contributed by atoms with Crippen molar-refractivity contribution in [3.8, 4) is 0 Å². The van der Waals surface area contributed by atoms with Crippen molar-refractivity contribution in [1.82, 2.24) is 9.62 Å². The normalized spacial score (nSPS) is 11.4. The number of nitrogens with zero attached hydrogens (tertiary/aromatic N) is 1. The third-order valence-electron chi connectivity index (χ3n) is 7.38. The van der Waals surface area contributed by atoms with E-state index in [0.29, 0.717) is 18.7 Å². The number of nitrogens with two attached hydrogens (primary N) is 1. The first-order valence-corrected chi connectivity index (χ1v) is 18.6. The Morgan fingerprint density at radius 1 is 0.702 bits per heavy atom. The number of benzene rings is 5. The molecule has 242 valence electrons. The predicted molar refractivity (Wildman–Crippen MR) is 194 cm³/mol. The highest BCUT2D eigenvalue weighted by Crippen LogP contribution is 2.21. The van der Waals surface area contributed by atoms with Crippen molar-refractivity contribution in [3.63, 3.8) is 0 Å². The zero-order valence-corrected chi connectivity index (χ0v) is 28.4. The fourth-order valence-electron chi connectivity index (χ4n) is 4.92. The van der Waals surface area contributed by atoms with Crippen LogP contribution in [0.25, 0.3) is 0 Å². The predicted octanol–water partition coefficient (Wildman–Crippen LogP) is 7.22. The van der Waals surface area contributed by atoms with Gasteiger partial charge in [-0.25, -0.2) is 13.6 Å². The van der Waals surface area contributed by atoms with Crippen LogP contribution < -0.4 is 15.2 Å². The smallest absolute Gasteiger partial charge is 0.261 e. The van der Waals surface area contributed by atoms with Gasteiger partial charge in [0.05, 0.1) is 4.90 Å². The molecule has 0 aliphatic rings. The number of hydrogen-bond acceptors (Lipinski definition) is 7. The molecule has 5 aromatic carbocycles. The average molecular weight is 683 g/mol. The maximum atomic E-state index is 12.9. The number of carbonyl (C=O) groups excluding carboxylic acids is 1. The van der Waals surface area contributed by atoms with Gasteiger partial charge in [0.15, 0.2) is 0 Å². The van der Waals surface area contributed by atoms with Gasteiger partial charge < -0.3 is 5.32 Å². The molecular weight excluding hydrogens is 645 g/mol. The first kappa shape index (κ1) is 34.3. The quantitative estimate of drug-likeness (QED) is 0.0746. The standard InChI is InChI=1S/C37H38N4O3S3/c38-47(43,44)36-20-16-31(17-21-36)28-41(24-25-45-34-12-5-2-6-13-34)27-30-14-18-35(19-15-30)46-40-37(42)32-10-7-11-33(26-32)39-23-22-29-8-3-1-4-9-29/h1-21,26,39H,22-25,27-28H2,(H,40,42)(H2,38,43,44). The fraction of sp³-hybridized carbons (Fsp3) is 0.162. The maximum absolute atomic E-state index is 12.9. The Bertz CT molecular complexity index is 1820. The molecule has 0 atom stereocenters. The van der Waals surface area contributed by atoms with Crippen molar-refractivity contribution < 1.29 is 13.2 Å². The number of sulfonamides is 1. The minimum absolute atomic E-state index is 0.107. The summed E-state index contributed by atoms with van der Waals surface area (Å²) in [5.41, 5.74) is 4.92. The molecule has 10 heteroatoms. The van der Waals surface area contributed by atoms with Crippen LogP contribution in [-0.2, 0) is 29.5 Å². The van der Waals surface area contributed by atoms with Gasteiger partial charge in [-0.05, 0) is 89.7 Å². The second-order valence-electron chi connectivity index (χ2n) is 11.0. The summed E-state index contributed by atoms with van der Waals surface area (Å²) < 4.78 is 26.3. The molecule has 0 aromatic heterocycles. The SMILES string of the molecule is NS(=O)(=O)c1ccc(CN(CCSc2ccccc2)Cc2ccc(SNC(=O)c3cccc(NCCc4ccccc4)c3)cc2)cc1. The number of rotatable bonds is 16. The molecule has 0 heterocycles. The van der Waals surface area contributed by atoms with Crippen LogP contribution in [0.5, 0.6) is 0 Å². The van der Waals surface area contributed by atoms with Gasteiger partial charge in [-0.3, -0.25) is 14.4 Å². The van der Waals surface area contributed by atoms with Gasteiger partial charge >= 0.3 is 0 Å². The van der Waals surface area contributed by atoms with E-state index in [-0.39, 0.29) is 10.8 Å². The summed E-state index contributed by atoms with van der Waals surface area (Å²) in [6.45, 7) is 2.99. The van der Waals surface area contributed by atoms with Crippen LogP contribution in [0.3, 0.4) is 0 Å². The van der Waals surface area contributed by atoms with Gasteiger partial charge in [-0.2, -0.15) is 0 Å². The molecule has 0 spiro atoms. The maximum Gasteiger partial charge on any atom is 0.261 e. The monoisotopic (exact) mass is 682 g/mol. The fourth-order valence-corrected chi connectivity index (χ4v) is 6.97. The Balaban J connectivity index is 1.15. The minimum atomic E-state index is -3.73. The summed E-state index contributed by atoms with van der Waals surface area (Å²) in [6, 6.07) is 43.1. The summed E-state index contributed by atoms with van der Waals surface area (Å²) in [4.78, 5) is 17.5. The number of nitrogens with one attached hydrogen (secondary N) is 2. The van der Waals surface area contributed by atoms with E-state index < -0.39 is 10.0 Å². The Labute approximate surface area is 286 Å². The van der Waals surface area contributed by atoms with E-state index in [9.17, 15) is 13.2 Å². The first-order chi connectivity index (χ1) is 22.8. The summed E-state index contributed by atoms with van der Waals surface area (Å²) in [5.74, 6) is 0.754. The lowest BCUT2D eigenvalue weighted by Crippen LogP contribution is -2.25. The molecule has 0 fully saturated rings. The van der Waals surface area contributed by atoms with Crippen molar-refractivity contribution in [2.45, 2.75) is 34.2 Å². The van der Waals surface area contributed by atoms with E-state index in [1.54, 1.807) is 23.9 Å². The summed E-state index contributed by atoms with van der Waals surface area (Å²) >= 11 is 3.10. The summed E-state index contributed by atoms with van der Waals surface area (Å²) in [6.07, 6.45) is 0.905. The van der Waals surface area contributed by atoms with Crippen LogP contribution in [0.4, 0.5) is 5.69 Å². The lowest BCUT2D eigenvalue weighted by atomic mass is 10.1. The molecule has 47 heavy (non-hydrogen) atoms. The summed E-state index contributed by atoms with van der Waals surface area (Å²) in [5, 5.41) is 8.69. The Morgan fingerprint density at radius 2 is 1.34 bits per heavy atom. The van der Waals surface area contributed by atoms with Gasteiger partial charge in [0.25, 0.3) is 5.91 Å². The number of primary sulfonamides is 1. The molecule has 0 aliphatic carbocycles. The lowest BCUT2D eigenvalue weighted by Gasteiger charge is -2.23. The van der Waals surface area contributed by atoms with Gasteiger partial charge in [-0.1, -0.05) is 78.9 Å². The molecule has 0 unspecified atom stereocenters. The van der Waals surface area contributed by atoms with E-state index >= 15 is 0 Å². The van der Waals surface area contributed by atoms with Crippen molar-refractivity contribution in [1.29, 1.82) is 0 Å². The molecule has 0 saturated carbocycles. The third-order valence-corrected chi connectivity index (χ3v) is 10.1. The second kappa shape index (κ2) is 17.2. The molecule has 7 nitrogen and oxygen atoms in total. The van der Waals surface area contributed by atoms with Crippen molar-refractivity contribution >= 4 is 45.3 Å². The number of thioether (sulfide) groups is 1. The van der Waals surface area contributed by atoms with E-state index in [1.165, 1.54) is 22.4 Å². The van der Waals surface area contributed by atoms with Crippen molar-refractivity contribution in [2.24, 2.45) is 5.14 Å². The van der Waals surface area contributed by atoms with Gasteiger partial charge in [0.1, 0.15) is 0 Å². The minimum Gasteiger partial charge on any atom is -0.385 e. The van der Waals surface area contributed by atoms with E-state index in [1.807, 2.05) is 84.9 Å². The van der Waals surface area contributed by atoms with Crippen LogP contribution in [-0.4, -0.2) is 38.1 Å². The van der Waals surface area contributed by atoms with Crippen molar-refractivity contribution in [3.05, 3.63) is 156 Å². The van der Waals surface area contributed by atoms with Gasteiger partial charge in [0.2, 0.25) is 10.0 Å². The van der Waals surface area contributed by atoms with Gasteiger partial charge in [-0.15, -0.1) is 11.8 Å². The van der Waals surface area contributed by atoms with E-state index in [4.69, 9.17) is 5.14 Å². The Morgan fingerprint density at radius 3 is 2.00 bits per heavy atom. The molecular formula is C37H38N4O3S3. The number of carbonyl (C=O) groups is 1. The zero-order chi connectivity index (χ0) is 32.9. The molecule has 0 saturated heterocycles. The molecule has 0 bridgehead atoms. The Kier molecular flexibility index (Phi) is 12.5. The van der Waals surface area contributed by atoms with E-state index in [2.05, 4.69) is 51.3 Å². The highest BCUT2D eigenvalue weighted by molar-refractivity contribution is 7.99. The zero-order valence-electron chi connectivity index (χ0n) is 25.9. The Hall–Kier alpha value is -4.06. The number of amides is 1. The average Bonchev–Trinajstić information content (AvgIpc) is 3.09. The van der Waals surface area contributed by atoms with E-state index in [0.717, 1.165) is 47.0 Å². The lowest BCUT2D eigenvalue weighted by molar-refractivity contribution is 0.0984. The largest absolute Gasteiger partial charge is 0.385 e. The highest BCUT2D eigenvalue weighted by atomic mass is 32.2. The molecule has 1 amide bonds. The highest BCUT2D eigenvalue weighted by Gasteiger charge is 2.12. The van der Waals surface area contributed by atoms with Crippen molar-refractivity contribution in [2.75, 3.05) is 24.2 Å². The van der Waals surface area contributed by atoms with Crippen LogP contribution >= 0.6 is 23.7 Å². The molecule has 4 N–H and O–H groups in total. The topological polar surface area (TPSA) is 105 Å². The third kappa shape index (κ3) is 11.3.